The zero-order chi connectivity index (χ0) is 17.0. The maximum absolute atomic E-state index is 13.2. The van der Waals surface area contributed by atoms with Crippen LogP contribution in [-0.2, 0) is 9.53 Å². The van der Waals surface area contributed by atoms with Crippen LogP contribution in [0, 0.1) is 5.82 Å². The number of carbonyl (C=O) groups excluding carboxylic acids is 1. The third kappa shape index (κ3) is 3.72. The van der Waals surface area contributed by atoms with Crippen molar-refractivity contribution in [3.05, 3.63) is 48.0 Å². The summed E-state index contributed by atoms with van der Waals surface area (Å²) in [5.41, 5.74) is -1.12. The molecule has 0 aliphatic rings. The van der Waals surface area contributed by atoms with Gasteiger partial charge in [-0.25, -0.2) is 13.9 Å². The molecule has 1 unspecified atom stereocenters. The van der Waals surface area contributed by atoms with E-state index >= 15 is 0 Å². The number of nitrogens with zero attached hydrogens (tertiary/aromatic N) is 2. The summed E-state index contributed by atoms with van der Waals surface area (Å²) >= 11 is 0. The molecule has 1 atom stereocenters. The number of carbonyl (C=O) groups is 2. The summed E-state index contributed by atoms with van der Waals surface area (Å²) in [6.45, 7) is 1.14. The molecule has 1 amide bonds. The highest BCUT2D eigenvalue weighted by Gasteiger charge is 2.35. The highest BCUT2D eigenvalue weighted by Crippen LogP contribution is 2.11. The molecule has 0 aliphatic carbocycles. The summed E-state index contributed by atoms with van der Waals surface area (Å²) in [6, 6.07) is 7.12. The van der Waals surface area contributed by atoms with Crippen LogP contribution in [0.15, 0.2) is 36.5 Å². The molecule has 0 saturated carbocycles. The lowest BCUT2D eigenvalue weighted by molar-refractivity contribution is -0.145. The Balaban J connectivity index is 2.20. The van der Waals surface area contributed by atoms with Crippen LogP contribution >= 0.6 is 0 Å². The fourth-order valence-electron chi connectivity index (χ4n) is 1.96. The largest absolute Gasteiger partial charge is 0.479 e. The molecule has 0 saturated heterocycles. The van der Waals surface area contributed by atoms with Crippen LogP contribution in [0.4, 0.5) is 4.39 Å². The van der Waals surface area contributed by atoms with E-state index < -0.39 is 23.2 Å². The predicted molar refractivity (Wildman–Crippen MR) is 78.9 cm³/mol. The fraction of sp³-hybridized carbons (Fsp3) is 0.267. The maximum Gasteiger partial charge on any atom is 0.331 e. The van der Waals surface area contributed by atoms with Gasteiger partial charge in [-0.15, -0.1) is 0 Å². The number of carboxylic acids is 1. The molecule has 122 valence electrons. The third-order valence-corrected chi connectivity index (χ3v) is 3.19. The zero-order valence-electron chi connectivity index (χ0n) is 12.6. The van der Waals surface area contributed by atoms with Gasteiger partial charge >= 0.3 is 5.97 Å². The van der Waals surface area contributed by atoms with E-state index in [0.29, 0.717) is 5.69 Å². The molecule has 0 aliphatic heterocycles. The van der Waals surface area contributed by atoms with Gasteiger partial charge < -0.3 is 15.2 Å². The Kier molecular flexibility index (Phi) is 4.75. The molecule has 0 bridgehead atoms. The number of methoxy groups -OCH3 is 1. The van der Waals surface area contributed by atoms with Crippen molar-refractivity contribution in [1.82, 2.24) is 15.1 Å². The molecule has 0 spiro atoms. The van der Waals surface area contributed by atoms with Crippen LogP contribution in [0.5, 0.6) is 0 Å². The molecule has 1 aromatic heterocycles. The number of carboxylic acid groups (broad SMARTS) is 1. The van der Waals surface area contributed by atoms with Gasteiger partial charge in [-0.05, 0) is 31.2 Å². The monoisotopic (exact) mass is 321 g/mol. The summed E-state index contributed by atoms with van der Waals surface area (Å²) in [4.78, 5) is 23.5. The topological polar surface area (TPSA) is 93.5 Å². The number of benzene rings is 1. The summed E-state index contributed by atoms with van der Waals surface area (Å²) in [5.74, 6) is -2.32. The molecule has 23 heavy (non-hydrogen) atoms. The first kappa shape index (κ1) is 16.6. The van der Waals surface area contributed by atoms with Gasteiger partial charge in [-0.2, -0.15) is 5.10 Å². The number of nitrogens with one attached hydrogen (secondary N) is 1. The SMILES string of the molecule is COCC(C)(NC(=O)c1ccn(-c2cccc(F)c2)n1)C(=O)O. The Labute approximate surface area is 131 Å². The van der Waals surface area contributed by atoms with E-state index in [-0.39, 0.29) is 12.3 Å². The summed E-state index contributed by atoms with van der Waals surface area (Å²) in [7, 11) is 1.34. The molecule has 2 N–H and O–H groups in total. The van der Waals surface area contributed by atoms with Crippen LogP contribution in [0.25, 0.3) is 5.69 Å². The van der Waals surface area contributed by atoms with E-state index in [1.165, 1.54) is 49.2 Å². The van der Waals surface area contributed by atoms with Gasteiger partial charge in [-0.1, -0.05) is 6.07 Å². The van der Waals surface area contributed by atoms with Crippen molar-refractivity contribution in [2.75, 3.05) is 13.7 Å². The van der Waals surface area contributed by atoms with Gasteiger partial charge in [0.1, 0.15) is 5.82 Å². The molecule has 0 fully saturated rings. The first-order valence-electron chi connectivity index (χ1n) is 6.72. The number of aromatic nitrogens is 2. The smallest absolute Gasteiger partial charge is 0.331 e. The number of hydrogen-bond acceptors (Lipinski definition) is 4. The van der Waals surface area contributed by atoms with Crippen molar-refractivity contribution in [3.8, 4) is 5.69 Å². The maximum atomic E-state index is 13.2. The molecule has 0 radical (unpaired) electrons. The van der Waals surface area contributed by atoms with Gasteiger partial charge in [0.25, 0.3) is 5.91 Å². The molecule has 2 aromatic rings. The van der Waals surface area contributed by atoms with Crippen molar-refractivity contribution in [2.45, 2.75) is 12.5 Å². The van der Waals surface area contributed by atoms with Crippen molar-refractivity contribution < 1.29 is 23.8 Å². The quantitative estimate of drug-likeness (QED) is 0.835. The second kappa shape index (κ2) is 6.57. The highest BCUT2D eigenvalue weighted by molar-refractivity contribution is 5.96. The van der Waals surface area contributed by atoms with E-state index in [1.807, 2.05) is 0 Å². The number of halogens is 1. The average molecular weight is 321 g/mol. The van der Waals surface area contributed by atoms with Crippen LogP contribution in [0.2, 0.25) is 0 Å². The van der Waals surface area contributed by atoms with Gasteiger partial charge in [0.05, 0.1) is 12.3 Å². The van der Waals surface area contributed by atoms with Gasteiger partial charge in [-0.3, -0.25) is 4.79 Å². The standard InChI is InChI=1S/C15H16FN3O4/c1-15(9-23-2,14(21)22)17-13(20)12-6-7-19(18-12)11-5-3-4-10(16)8-11/h3-8H,9H2,1-2H3,(H,17,20)(H,21,22). The lowest BCUT2D eigenvalue weighted by Gasteiger charge is -2.24. The Morgan fingerprint density at radius 2 is 2.17 bits per heavy atom. The minimum atomic E-state index is -1.57. The molecule has 7 nitrogen and oxygen atoms in total. The van der Waals surface area contributed by atoms with Gasteiger partial charge in [0, 0.05) is 13.3 Å². The van der Waals surface area contributed by atoms with E-state index in [2.05, 4.69) is 10.4 Å². The number of aliphatic carboxylic acids is 1. The summed E-state index contributed by atoms with van der Waals surface area (Å²) in [5, 5.41) is 15.6. The number of ether oxygens (including phenoxy) is 1. The predicted octanol–water partition coefficient (Wildman–Crippen LogP) is 1.23. The third-order valence-electron chi connectivity index (χ3n) is 3.19. The van der Waals surface area contributed by atoms with Crippen molar-refractivity contribution in [2.24, 2.45) is 0 Å². The number of hydrogen-bond donors (Lipinski definition) is 2. The highest BCUT2D eigenvalue weighted by atomic mass is 19.1. The molecule has 1 heterocycles. The Morgan fingerprint density at radius 3 is 2.78 bits per heavy atom. The normalized spacial score (nSPS) is 13.3. The van der Waals surface area contributed by atoms with Crippen LogP contribution in [0.3, 0.4) is 0 Å². The molecular weight excluding hydrogens is 305 g/mol. The summed E-state index contributed by atoms with van der Waals surface area (Å²) in [6.07, 6.45) is 1.48. The minimum Gasteiger partial charge on any atom is -0.479 e. The van der Waals surface area contributed by atoms with Crippen molar-refractivity contribution in [1.29, 1.82) is 0 Å². The first-order chi connectivity index (χ1) is 10.9. The van der Waals surface area contributed by atoms with E-state index in [9.17, 15) is 19.1 Å². The second-order valence-electron chi connectivity index (χ2n) is 5.15. The van der Waals surface area contributed by atoms with Crippen molar-refractivity contribution >= 4 is 11.9 Å². The Bertz CT molecular complexity index is 731. The molecule has 2 rings (SSSR count). The van der Waals surface area contributed by atoms with Crippen LogP contribution in [-0.4, -0.2) is 46.0 Å². The molecular formula is C15H16FN3O4. The fourth-order valence-corrected chi connectivity index (χ4v) is 1.96. The average Bonchev–Trinajstić information content (AvgIpc) is 2.97. The van der Waals surface area contributed by atoms with Gasteiger partial charge in [0.2, 0.25) is 0 Å². The van der Waals surface area contributed by atoms with Crippen molar-refractivity contribution in [3.63, 3.8) is 0 Å². The second-order valence-corrected chi connectivity index (χ2v) is 5.15. The summed E-state index contributed by atoms with van der Waals surface area (Å²) < 4.78 is 19.4. The van der Waals surface area contributed by atoms with Gasteiger partial charge in [0.15, 0.2) is 11.2 Å². The van der Waals surface area contributed by atoms with E-state index in [4.69, 9.17) is 4.74 Å². The lowest BCUT2D eigenvalue weighted by atomic mass is 10.0. The zero-order valence-corrected chi connectivity index (χ0v) is 12.6. The lowest BCUT2D eigenvalue weighted by Crippen LogP contribution is -2.55. The van der Waals surface area contributed by atoms with Crippen LogP contribution < -0.4 is 5.32 Å². The molecule has 1 aromatic carbocycles. The minimum absolute atomic E-state index is 0.0119. The van der Waals surface area contributed by atoms with E-state index in [1.54, 1.807) is 6.07 Å². The first-order valence-corrected chi connectivity index (χ1v) is 6.72. The Hall–Kier alpha value is -2.74. The number of rotatable bonds is 6. The number of amides is 1. The molecule has 8 heteroatoms. The van der Waals surface area contributed by atoms with Crippen LogP contribution in [0.1, 0.15) is 17.4 Å². The Morgan fingerprint density at radius 1 is 1.43 bits per heavy atom. The van der Waals surface area contributed by atoms with E-state index in [0.717, 1.165) is 0 Å².